The number of rotatable bonds is 3. The number of nitrogens with zero attached hydrogens (tertiary/aromatic N) is 2. The smallest absolute Gasteiger partial charge is 0.148 e. The van der Waals surface area contributed by atoms with Gasteiger partial charge in [0.05, 0.1) is 10.2 Å². The molecule has 0 amide bonds. The second kappa shape index (κ2) is 4.83. The molecule has 0 aliphatic rings. The van der Waals surface area contributed by atoms with Crippen molar-refractivity contribution in [3.05, 3.63) is 52.5 Å². The molecule has 5 heteroatoms. The van der Waals surface area contributed by atoms with Crippen molar-refractivity contribution in [3.8, 4) is 0 Å². The van der Waals surface area contributed by atoms with Crippen LogP contribution in [0.2, 0.25) is 0 Å². The zero-order valence-corrected chi connectivity index (χ0v) is 12.1. The summed E-state index contributed by atoms with van der Waals surface area (Å²) >= 11 is 3.48. The fourth-order valence-electron chi connectivity index (χ4n) is 2.22. The Morgan fingerprint density at radius 1 is 1.42 bits per heavy atom. The standard InChI is InChI=1S/C14H14BrN3O/c1-2-18-11(6-7-17-18)13(16)12-8-9-4-3-5-10(15)14(9)19-12/h3-8,13H,2,16H2,1H3. The van der Waals surface area contributed by atoms with Gasteiger partial charge in [-0.2, -0.15) is 5.10 Å². The van der Waals surface area contributed by atoms with Crippen molar-refractivity contribution in [2.75, 3.05) is 0 Å². The van der Waals surface area contributed by atoms with Crippen LogP contribution in [0.3, 0.4) is 0 Å². The molecule has 0 aliphatic carbocycles. The molecule has 2 aromatic heterocycles. The first-order chi connectivity index (χ1) is 9.20. The van der Waals surface area contributed by atoms with Crippen LogP contribution in [0.15, 0.2) is 45.4 Å². The third-order valence-corrected chi connectivity index (χ3v) is 3.81. The first-order valence-electron chi connectivity index (χ1n) is 6.16. The zero-order valence-electron chi connectivity index (χ0n) is 10.5. The van der Waals surface area contributed by atoms with Crippen molar-refractivity contribution in [1.82, 2.24) is 9.78 Å². The van der Waals surface area contributed by atoms with E-state index in [-0.39, 0.29) is 6.04 Å². The fraction of sp³-hybridized carbons (Fsp3) is 0.214. The summed E-state index contributed by atoms with van der Waals surface area (Å²) in [6.07, 6.45) is 1.76. The van der Waals surface area contributed by atoms with Crippen molar-refractivity contribution >= 4 is 26.9 Å². The summed E-state index contributed by atoms with van der Waals surface area (Å²) in [6, 6.07) is 9.55. The van der Waals surface area contributed by atoms with Gasteiger partial charge in [0.15, 0.2) is 0 Å². The number of para-hydroxylation sites is 1. The number of aryl methyl sites for hydroxylation is 1. The lowest BCUT2D eigenvalue weighted by atomic mass is 10.1. The van der Waals surface area contributed by atoms with Gasteiger partial charge < -0.3 is 10.2 Å². The van der Waals surface area contributed by atoms with Crippen molar-refractivity contribution in [1.29, 1.82) is 0 Å². The molecule has 0 fully saturated rings. The number of hydrogen-bond acceptors (Lipinski definition) is 3. The van der Waals surface area contributed by atoms with Crippen LogP contribution in [-0.2, 0) is 6.54 Å². The molecule has 1 atom stereocenters. The van der Waals surface area contributed by atoms with Crippen LogP contribution >= 0.6 is 15.9 Å². The SMILES string of the molecule is CCn1nccc1C(N)c1cc2cccc(Br)c2o1. The molecule has 4 nitrogen and oxygen atoms in total. The highest BCUT2D eigenvalue weighted by molar-refractivity contribution is 9.10. The van der Waals surface area contributed by atoms with Crippen LogP contribution in [0.5, 0.6) is 0 Å². The Morgan fingerprint density at radius 3 is 3.00 bits per heavy atom. The van der Waals surface area contributed by atoms with Gasteiger partial charge in [0.1, 0.15) is 17.4 Å². The second-order valence-electron chi connectivity index (χ2n) is 4.36. The summed E-state index contributed by atoms with van der Waals surface area (Å²) in [5.74, 6) is 0.747. The Labute approximate surface area is 119 Å². The minimum atomic E-state index is -0.304. The van der Waals surface area contributed by atoms with E-state index in [1.807, 2.05) is 41.9 Å². The van der Waals surface area contributed by atoms with E-state index in [4.69, 9.17) is 10.2 Å². The number of fused-ring (bicyclic) bond motifs is 1. The summed E-state index contributed by atoms with van der Waals surface area (Å²) in [6.45, 7) is 2.83. The summed E-state index contributed by atoms with van der Waals surface area (Å²) < 4.78 is 8.69. The molecular formula is C14H14BrN3O. The minimum absolute atomic E-state index is 0.304. The Balaban J connectivity index is 2.07. The fourth-order valence-corrected chi connectivity index (χ4v) is 2.68. The summed E-state index contributed by atoms with van der Waals surface area (Å²) in [5, 5.41) is 5.28. The highest BCUT2D eigenvalue weighted by Gasteiger charge is 2.18. The maximum Gasteiger partial charge on any atom is 0.148 e. The first kappa shape index (κ1) is 12.4. The van der Waals surface area contributed by atoms with Crippen molar-refractivity contribution in [2.45, 2.75) is 19.5 Å². The highest BCUT2D eigenvalue weighted by Crippen LogP contribution is 2.31. The van der Waals surface area contributed by atoms with Crippen LogP contribution in [0.4, 0.5) is 0 Å². The molecule has 0 saturated heterocycles. The van der Waals surface area contributed by atoms with Gasteiger partial charge in [-0.05, 0) is 41.1 Å². The van der Waals surface area contributed by atoms with Gasteiger partial charge >= 0.3 is 0 Å². The Morgan fingerprint density at radius 2 is 2.26 bits per heavy atom. The van der Waals surface area contributed by atoms with Gasteiger partial charge in [-0.25, -0.2) is 0 Å². The number of halogens is 1. The molecule has 98 valence electrons. The molecule has 3 rings (SSSR count). The second-order valence-corrected chi connectivity index (χ2v) is 5.21. The lowest BCUT2D eigenvalue weighted by Crippen LogP contribution is -2.16. The normalized spacial score (nSPS) is 13.0. The maximum atomic E-state index is 6.28. The monoisotopic (exact) mass is 319 g/mol. The number of nitrogens with two attached hydrogens (primary N) is 1. The van der Waals surface area contributed by atoms with Crippen molar-refractivity contribution in [3.63, 3.8) is 0 Å². The maximum absolute atomic E-state index is 6.28. The van der Waals surface area contributed by atoms with Crippen molar-refractivity contribution in [2.24, 2.45) is 5.73 Å². The van der Waals surface area contributed by atoms with Crippen molar-refractivity contribution < 1.29 is 4.42 Å². The predicted octanol–water partition coefficient (Wildman–Crippen LogP) is 3.46. The molecular weight excluding hydrogens is 306 g/mol. The van der Waals surface area contributed by atoms with E-state index < -0.39 is 0 Å². The quantitative estimate of drug-likeness (QED) is 0.804. The molecule has 19 heavy (non-hydrogen) atoms. The molecule has 2 N–H and O–H groups in total. The minimum Gasteiger partial charge on any atom is -0.458 e. The molecule has 0 aliphatic heterocycles. The predicted molar refractivity (Wildman–Crippen MR) is 77.8 cm³/mol. The molecule has 0 radical (unpaired) electrons. The average Bonchev–Trinajstić information content (AvgIpc) is 3.04. The van der Waals surface area contributed by atoms with Crippen LogP contribution < -0.4 is 5.73 Å². The van der Waals surface area contributed by atoms with Gasteiger partial charge in [0.2, 0.25) is 0 Å². The summed E-state index contributed by atoms with van der Waals surface area (Å²) in [7, 11) is 0. The molecule has 1 aromatic carbocycles. The number of benzene rings is 1. The van der Waals surface area contributed by atoms with E-state index in [1.54, 1.807) is 6.20 Å². The Kier molecular flexibility index (Phi) is 3.16. The molecule has 0 saturated carbocycles. The summed E-state index contributed by atoms with van der Waals surface area (Å²) in [5.41, 5.74) is 8.07. The van der Waals surface area contributed by atoms with E-state index in [1.165, 1.54) is 0 Å². The van der Waals surface area contributed by atoms with Gasteiger partial charge in [-0.15, -0.1) is 0 Å². The van der Waals surface area contributed by atoms with E-state index in [2.05, 4.69) is 21.0 Å². The largest absolute Gasteiger partial charge is 0.458 e. The van der Waals surface area contributed by atoms with Gasteiger partial charge in [0, 0.05) is 18.1 Å². The molecule has 3 aromatic rings. The van der Waals surface area contributed by atoms with Gasteiger partial charge in [0.25, 0.3) is 0 Å². The van der Waals surface area contributed by atoms with E-state index in [0.717, 1.165) is 33.4 Å². The number of furan rings is 1. The number of aromatic nitrogens is 2. The highest BCUT2D eigenvalue weighted by atomic mass is 79.9. The Hall–Kier alpha value is -1.59. The van der Waals surface area contributed by atoms with Crippen LogP contribution in [0.1, 0.15) is 24.4 Å². The average molecular weight is 320 g/mol. The van der Waals surface area contributed by atoms with Crippen LogP contribution in [-0.4, -0.2) is 9.78 Å². The Bertz CT molecular complexity index is 716. The third kappa shape index (κ3) is 2.09. The topological polar surface area (TPSA) is 57.0 Å². The lowest BCUT2D eigenvalue weighted by Gasteiger charge is -2.10. The number of hydrogen-bond donors (Lipinski definition) is 1. The van der Waals surface area contributed by atoms with E-state index >= 15 is 0 Å². The zero-order chi connectivity index (χ0) is 13.4. The van der Waals surface area contributed by atoms with Crippen LogP contribution in [0, 0.1) is 0 Å². The van der Waals surface area contributed by atoms with E-state index in [9.17, 15) is 0 Å². The first-order valence-corrected chi connectivity index (χ1v) is 6.95. The lowest BCUT2D eigenvalue weighted by molar-refractivity contribution is 0.499. The van der Waals surface area contributed by atoms with Gasteiger partial charge in [-0.1, -0.05) is 12.1 Å². The van der Waals surface area contributed by atoms with Gasteiger partial charge in [-0.3, -0.25) is 4.68 Å². The van der Waals surface area contributed by atoms with E-state index in [0.29, 0.717) is 0 Å². The molecule has 1 unspecified atom stereocenters. The molecule has 2 heterocycles. The van der Waals surface area contributed by atoms with Crippen LogP contribution in [0.25, 0.3) is 11.0 Å². The third-order valence-electron chi connectivity index (χ3n) is 3.19. The molecule has 0 bridgehead atoms. The summed E-state index contributed by atoms with van der Waals surface area (Å²) in [4.78, 5) is 0. The molecule has 0 spiro atoms.